The molecule has 0 aromatic heterocycles. The third kappa shape index (κ3) is 2.05. The second-order valence-electron chi connectivity index (χ2n) is 7.00. The van der Waals surface area contributed by atoms with Gasteiger partial charge in [0.2, 0.25) is 0 Å². The SMILES string of the molecule is Clc1ccc(-c2c3c(cc4ccccc24)COC32CCCC2)cc1. The van der Waals surface area contributed by atoms with E-state index in [1.54, 1.807) is 0 Å². The van der Waals surface area contributed by atoms with E-state index >= 15 is 0 Å². The van der Waals surface area contributed by atoms with Crippen LogP contribution in [0.25, 0.3) is 21.9 Å². The number of hydrogen-bond donors (Lipinski definition) is 0. The molecule has 2 heteroatoms. The summed E-state index contributed by atoms with van der Waals surface area (Å²) in [7, 11) is 0. The normalized spacial score (nSPS) is 18.4. The van der Waals surface area contributed by atoms with Crippen LogP contribution in [-0.4, -0.2) is 0 Å². The summed E-state index contributed by atoms with van der Waals surface area (Å²) < 4.78 is 6.40. The summed E-state index contributed by atoms with van der Waals surface area (Å²) in [5.74, 6) is 0. The summed E-state index contributed by atoms with van der Waals surface area (Å²) in [6, 6.07) is 19.3. The standard InChI is InChI=1S/C22H19ClO/c23-18-9-7-15(8-10-18)20-19-6-2-1-5-16(19)13-17-14-24-22(21(17)20)11-3-4-12-22/h1-2,5-10,13H,3-4,11-12,14H2. The maximum Gasteiger partial charge on any atom is 0.0945 e. The second kappa shape index (κ2) is 5.34. The molecule has 2 aliphatic rings. The van der Waals surface area contributed by atoms with E-state index < -0.39 is 0 Å². The average molecular weight is 335 g/mol. The Morgan fingerprint density at radius 1 is 0.917 bits per heavy atom. The predicted molar refractivity (Wildman–Crippen MR) is 99.3 cm³/mol. The van der Waals surface area contributed by atoms with Gasteiger partial charge in [0.25, 0.3) is 0 Å². The minimum Gasteiger partial charge on any atom is -0.366 e. The van der Waals surface area contributed by atoms with E-state index in [2.05, 4.69) is 42.5 Å². The fourth-order valence-corrected chi connectivity index (χ4v) is 4.71. The Balaban J connectivity index is 1.87. The van der Waals surface area contributed by atoms with Gasteiger partial charge in [0.1, 0.15) is 0 Å². The zero-order valence-corrected chi connectivity index (χ0v) is 14.3. The number of ether oxygens (including phenoxy) is 1. The maximum atomic E-state index is 6.40. The van der Waals surface area contributed by atoms with Crippen molar-refractivity contribution in [2.45, 2.75) is 37.9 Å². The number of halogens is 1. The zero-order valence-electron chi connectivity index (χ0n) is 13.5. The van der Waals surface area contributed by atoms with Crippen LogP contribution in [0.4, 0.5) is 0 Å². The minimum absolute atomic E-state index is 0.0751. The Kier molecular flexibility index (Phi) is 3.23. The molecule has 1 saturated carbocycles. The van der Waals surface area contributed by atoms with Crippen molar-refractivity contribution in [3.05, 3.63) is 70.7 Å². The number of rotatable bonds is 1. The van der Waals surface area contributed by atoms with E-state index in [-0.39, 0.29) is 5.60 Å². The molecule has 0 N–H and O–H groups in total. The van der Waals surface area contributed by atoms with Gasteiger partial charge in [-0.05, 0) is 64.1 Å². The predicted octanol–water partition coefficient (Wildman–Crippen LogP) is 6.46. The van der Waals surface area contributed by atoms with Gasteiger partial charge in [-0.3, -0.25) is 0 Å². The molecule has 0 atom stereocenters. The van der Waals surface area contributed by atoms with Gasteiger partial charge in [-0.15, -0.1) is 0 Å². The lowest BCUT2D eigenvalue weighted by Crippen LogP contribution is -2.21. The number of fused-ring (bicyclic) bond motifs is 3. The van der Waals surface area contributed by atoms with Crippen molar-refractivity contribution in [1.29, 1.82) is 0 Å². The Morgan fingerprint density at radius 2 is 1.67 bits per heavy atom. The molecule has 0 radical (unpaired) electrons. The quantitative estimate of drug-likeness (QED) is 0.496. The molecule has 1 spiro atoms. The van der Waals surface area contributed by atoms with Crippen LogP contribution in [0.5, 0.6) is 0 Å². The Hall–Kier alpha value is -1.83. The van der Waals surface area contributed by atoms with Gasteiger partial charge in [0.05, 0.1) is 12.2 Å². The first kappa shape index (κ1) is 14.5. The first-order chi connectivity index (χ1) is 11.8. The largest absolute Gasteiger partial charge is 0.366 e. The summed E-state index contributed by atoms with van der Waals surface area (Å²) in [5, 5.41) is 3.39. The molecular weight excluding hydrogens is 316 g/mol. The molecular formula is C22H19ClO. The summed E-state index contributed by atoms with van der Waals surface area (Å²) in [6.07, 6.45) is 4.79. The first-order valence-electron chi connectivity index (χ1n) is 8.72. The van der Waals surface area contributed by atoms with Gasteiger partial charge < -0.3 is 4.74 Å². The molecule has 1 nitrogen and oxygen atoms in total. The minimum atomic E-state index is -0.0751. The van der Waals surface area contributed by atoms with Gasteiger partial charge in [-0.2, -0.15) is 0 Å². The smallest absolute Gasteiger partial charge is 0.0945 e. The van der Waals surface area contributed by atoms with Crippen LogP contribution in [0.3, 0.4) is 0 Å². The first-order valence-corrected chi connectivity index (χ1v) is 9.10. The number of hydrogen-bond acceptors (Lipinski definition) is 1. The van der Waals surface area contributed by atoms with E-state index in [0.29, 0.717) is 0 Å². The third-order valence-electron chi connectivity index (χ3n) is 5.63. The summed E-state index contributed by atoms with van der Waals surface area (Å²) in [5.41, 5.74) is 5.30. The number of benzene rings is 3. The van der Waals surface area contributed by atoms with Crippen molar-refractivity contribution in [2.24, 2.45) is 0 Å². The third-order valence-corrected chi connectivity index (χ3v) is 5.89. The molecule has 1 fully saturated rings. The molecule has 1 aliphatic heterocycles. The molecule has 5 rings (SSSR count). The van der Waals surface area contributed by atoms with Crippen LogP contribution < -0.4 is 0 Å². The maximum absolute atomic E-state index is 6.40. The van der Waals surface area contributed by atoms with Gasteiger partial charge in [0, 0.05) is 5.02 Å². The fraction of sp³-hybridized carbons (Fsp3) is 0.273. The van der Waals surface area contributed by atoms with Crippen LogP contribution in [0, 0.1) is 0 Å². The molecule has 0 bridgehead atoms. The fourth-order valence-electron chi connectivity index (χ4n) is 4.58. The van der Waals surface area contributed by atoms with Crippen LogP contribution in [0.1, 0.15) is 36.8 Å². The Labute approximate surface area is 147 Å². The van der Waals surface area contributed by atoms with E-state index in [9.17, 15) is 0 Å². The molecule has 0 amide bonds. The highest BCUT2D eigenvalue weighted by atomic mass is 35.5. The van der Waals surface area contributed by atoms with Gasteiger partial charge in [-0.25, -0.2) is 0 Å². The average Bonchev–Trinajstić information content (AvgIpc) is 3.23. The zero-order chi connectivity index (χ0) is 16.1. The molecule has 1 heterocycles. The van der Waals surface area contributed by atoms with Gasteiger partial charge in [-0.1, -0.05) is 60.8 Å². The van der Waals surface area contributed by atoms with Crippen LogP contribution in [-0.2, 0) is 16.9 Å². The molecule has 1 aliphatic carbocycles. The molecule has 0 unspecified atom stereocenters. The van der Waals surface area contributed by atoms with Crippen molar-refractivity contribution in [2.75, 3.05) is 0 Å². The second-order valence-corrected chi connectivity index (χ2v) is 7.44. The highest BCUT2D eigenvalue weighted by molar-refractivity contribution is 6.30. The lowest BCUT2D eigenvalue weighted by molar-refractivity contribution is -0.0321. The Morgan fingerprint density at radius 3 is 2.46 bits per heavy atom. The molecule has 24 heavy (non-hydrogen) atoms. The summed E-state index contributed by atoms with van der Waals surface area (Å²) in [4.78, 5) is 0. The highest BCUT2D eigenvalue weighted by Gasteiger charge is 2.44. The van der Waals surface area contributed by atoms with E-state index in [1.807, 2.05) is 12.1 Å². The van der Waals surface area contributed by atoms with Gasteiger partial charge in [0.15, 0.2) is 0 Å². The van der Waals surface area contributed by atoms with Crippen molar-refractivity contribution >= 4 is 22.4 Å². The van der Waals surface area contributed by atoms with Crippen LogP contribution in [0.15, 0.2) is 54.6 Å². The topological polar surface area (TPSA) is 9.23 Å². The van der Waals surface area contributed by atoms with E-state index in [0.717, 1.165) is 24.5 Å². The van der Waals surface area contributed by atoms with Crippen molar-refractivity contribution < 1.29 is 4.74 Å². The molecule has 3 aromatic rings. The summed E-state index contributed by atoms with van der Waals surface area (Å²) >= 11 is 6.13. The lowest BCUT2D eigenvalue weighted by atomic mass is 9.81. The van der Waals surface area contributed by atoms with Crippen LogP contribution in [0.2, 0.25) is 5.02 Å². The van der Waals surface area contributed by atoms with E-state index in [4.69, 9.17) is 16.3 Å². The highest BCUT2D eigenvalue weighted by Crippen LogP contribution is 2.53. The Bertz CT molecular complexity index is 921. The van der Waals surface area contributed by atoms with Crippen molar-refractivity contribution in [1.82, 2.24) is 0 Å². The molecule has 120 valence electrons. The summed E-state index contributed by atoms with van der Waals surface area (Å²) in [6.45, 7) is 0.737. The molecule has 3 aromatic carbocycles. The van der Waals surface area contributed by atoms with Crippen LogP contribution >= 0.6 is 11.6 Å². The monoisotopic (exact) mass is 334 g/mol. The van der Waals surface area contributed by atoms with Gasteiger partial charge >= 0.3 is 0 Å². The van der Waals surface area contributed by atoms with E-state index in [1.165, 1.54) is 45.9 Å². The lowest BCUT2D eigenvalue weighted by Gasteiger charge is -2.27. The van der Waals surface area contributed by atoms with Crippen molar-refractivity contribution in [3.8, 4) is 11.1 Å². The molecule has 0 saturated heterocycles. The van der Waals surface area contributed by atoms with Crippen molar-refractivity contribution in [3.63, 3.8) is 0 Å².